The van der Waals surface area contributed by atoms with Crippen LogP contribution < -0.4 is 4.72 Å². The van der Waals surface area contributed by atoms with Crippen LogP contribution in [0.3, 0.4) is 0 Å². The fraction of sp³-hybridized carbons (Fsp3) is 0.333. The lowest BCUT2D eigenvalue weighted by atomic mass is 9.91. The van der Waals surface area contributed by atoms with Gasteiger partial charge in [-0.1, -0.05) is 37.3 Å². The van der Waals surface area contributed by atoms with Gasteiger partial charge >= 0.3 is 0 Å². The second-order valence-corrected chi connectivity index (χ2v) is 7.39. The van der Waals surface area contributed by atoms with E-state index in [-0.39, 0.29) is 11.4 Å². The van der Waals surface area contributed by atoms with Gasteiger partial charge in [0.2, 0.25) is 10.0 Å². The highest BCUT2D eigenvalue weighted by Crippen LogP contribution is 2.29. The minimum Gasteiger partial charge on any atom is -0.372 e. The summed E-state index contributed by atoms with van der Waals surface area (Å²) in [7, 11) is -2.20. The Morgan fingerprint density at radius 2 is 1.83 bits per heavy atom. The van der Waals surface area contributed by atoms with Gasteiger partial charge < -0.3 is 4.74 Å². The number of ether oxygens (including phenoxy) is 1. The van der Waals surface area contributed by atoms with Crippen molar-refractivity contribution in [3.8, 4) is 0 Å². The predicted molar refractivity (Wildman–Crippen MR) is 91.7 cm³/mol. The lowest BCUT2D eigenvalue weighted by Crippen LogP contribution is -2.42. The third-order valence-electron chi connectivity index (χ3n) is 4.24. The zero-order valence-corrected chi connectivity index (χ0v) is 14.9. The van der Waals surface area contributed by atoms with Crippen LogP contribution in [0.15, 0.2) is 53.4 Å². The molecule has 0 spiro atoms. The van der Waals surface area contributed by atoms with Crippen LogP contribution in [0.1, 0.15) is 24.5 Å². The SMILES string of the molecule is CCC(CNS(=O)(=O)c1ccc(F)cc1C)(OC)c1ccccc1. The molecule has 0 aromatic heterocycles. The van der Waals surface area contributed by atoms with Crippen molar-refractivity contribution in [1.29, 1.82) is 0 Å². The molecule has 4 nitrogen and oxygen atoms in total. The largest absolute Gasteiger partial charge is 0.372 e. The summed E-state index contributed by atoms with van der Waals surface area (Å²) in [5.74, 6) is -0.462. The molecule has 2 aromatic rings. The molecule has 0 aliphatic carbocycles. The lowest BCUT2D eigenvalue weighted by molar-refractivity contribution is -0.0133. The summed E-state index contributed by atoms with van der Waals surface area (Å²) >= 11 is 0. The highest BCUT2D eigenvalue weighted by Gasteiger charge is 2.32. The molecule has 2 rings (SSSR count). The molecular formula is C18H22FNO3S. The van der Waals surface area contributed by atoms with Gasteiger partial charge in [-0.25, -0.2) is 17.5 Å². The maximum atomic E-state index is 13.2. The molecule has 0 saturated carbocycles. The number of hydrogen-bond donors (Lipinski definition) is 1. The molecule has 0 heterocycles. The van der Waals surface area contributed by atoms with Gasteiger partial charge in [0.25, 0.3) is 0 Å². The second-order valence-electron chi connectivity index (χ2n) is 5.65. The van der Waals surface area contributed by atoms with Gasteiger partial charge in [-0.15, -0.1) is 0 Å². The van der Waals surface area contributed by atoms with Crippen molar-refractivity contribution < 1.29 is 17.5 Å². The second kappa shape index (κ2) is 7.42. The first-order valence-electron chi connectivity index (χ1n) is 7.71. The monoisotopic (exact) mass is 351 g/mol. The summed E-state index contributed by atoms with van der Waals surface area (Å²) < 4.78 is 46.6. The van der Waals surface area contributed by atoms with Crippen LogP contribution in [0.4, 0.5) is 4.39 Å². The van der Waals surface area contributed by atoms with Gasteiger partial charge in [0, 0.05) is 13.7 Å². The zero-order valence-electron chi connectivity index (χ0n) is 14.0. The minimum absolute atomic E-state index is 0.0677. The average Bonchev–Trinajstić information content (AvgIpc) is 2.57. The summed E-state index contributed by atoms with van der Waals surface area (Å²) in [4.78, 5) is 0.0677. The van der Waals surface area contributed by atoms with Crippen LogP contribution in [0.5, 0.6) is 0 Å². The Hall–Kier alpha value is -1.76. The van der Waals surface area contributed by atoms with Crippen LogP contribution in [0.2, 0.25) is 0 Å². The topological polar surface area (TPSA) is 55.4 Å². The Kier molecular flexibility index (Phi) is 5.74. The van der Waals surface area contributed by atoms with Crippen LogP contribution in [0.25, 0.3) is 0 Å². The van der Waals surface area contributed by atoms with Crippen LogP contribution in [-0.2, 0) is 20.4 Å². The number of halogens is 1. The van der Waals surface area contributed by atoms with Crippen molar-refractivity contribution in [2.45, 2.75) is 30.8 Å². The van der Waals surface area contributed by atoms with Crippen molar-refractivity contribution >= 4 is 10.0 Å². The Labute approximate surface area is 142 Å². The first kappa shape index (κ1) is 18.6. The molecule has 0 bridgehead atoms. The molecule has 130 valence electrons. The van der Waals surface area contributed by atoms with E-state index in [1.165, 1.54) is 12.1 Å². The highest BCUT2D eigenvalue weighted by molar-refractivity contribution is 7.89. The standard InChI is InChI=1S/C18H22FNO3S/c1-4-18(23-3,15-8-6-5-7-9-15)13-20-24(21,22)17-11-10-16(19)12-14(17)2/h5-12,20H,4,13H2,1-3H3. The smallest absolute Gasteiger partial charge is 0.240 e. The molecule has 1 atom stereocenters. The summed E-state index contributed by atoms with van der Waals surface area (Å²) in [6.45, 7) is 3.59. The maximum Gasteiger partial charge on any atom is 0.240 e. The van der Waals surface area contributed by atoms with Gasteiger partial charge in [0.15, 0.2) is 0 Å². The molecule has 1 N–H and O–H groups in total. The van der Waals surface area contributed by atoms with Gasteiger partial charge in [-0.3, -0.25) is 0 Å². The minimum atomic E-state index is -3.77. The Morgan fingerprint density at radius 1 is 1.17 bits per heavy atom. The molecule has 1 unspecified atom stereocenters. The third-order valence-corrected chi connectivity index (χ3v) is 5.80. The molecular weight excluding hydrogens is 329 g/mol. The number of nitrogens with one attached hydrogen (secondary N) is 1. The number of rotatable bonds is 7. The van der Waals surface area contributed by atoms with Crippen molar-refractivity contribution in [3.63, 3.8) is 0 Å². The Bertz CT molecular complexity index is 787. The first-order valence-corrected chi connectivity index (χ1v) is 9.19. The van der Waals surface area contributed by atoms with E-state index in [1.54, 1.807) is 14.0 Å². The van der Waals surface area contributed by atoms with E-state index < -0.39 is 21.4 Å². The van der Waals surface area contributed by atoms with Crippen molar-refractivity contribution in [2.24, 2.45) is 0 Å². The summed E-state index contributed by atoms with van der Waals surface area (Å²) in [5.41, 5.74) is 0.498. The molecule has 0 aliphatic heterocycles. The van der Waals surface area contributed by atoms with E-state index in [9.17, 15) is 12.8 Å². The third kappa shape index (κ3) is 3.83. The summed E-state index contributed by atoms with van der Waals surface area (Å²) in [6, 6.07) is 13.1. The van der Waals surface area contributed by atoms with E-state index in [1.807, 2.05) is 37.3 Å². The quantitative estimate of drug-likeness (QED) is 0.832. The number of hydrogen-bond acceptors (Lipinski definition) is 3. The number of methoxy groups -OCH3 is 1. The molecule has 0 aliphatic rings. The van der Waals surface area contributed by atoms with Crippen molar-refractivity contribution in [2.75, 3.05) is 13.7 Å². The fourth-order valence-corrected chi connectivity index (χ4v) is 4.02. The Balaban J connectivity index is 2.29. The zero-order chi connectivity index (χ0) is 17.8. The van der Waals surface area contributed by atoms with Crippen LogP contribution in [-0.4, -0.2) is 22.1 Å². The van der Waals surface area contributed by atoms with Gasteiger partial charge in [0.05, 0.1) is 4.90 Å². The lowest BCUT2D eigenvalue weighted by Gasteiger charge is -2.32. The van der Waals surface area contributed by atoms with Gasteiger partial charge in [0.1, 0.15) is 11.4 Å². The average molecular weight is 351 g/mol. The number of sulfonamides is 1. The maximum absolute atomic E-state index is 13.2. The highest BCUT2D eigenvalue weighted by atomic mass is 32.2. The molecule has 0 radical (unpaired) electrons. The Morgan fingerprint density at radius 3 is 2.38 bits per heavy atom. The van der Waals surface area contributed by atoms with E-state index >= 15 is 0 Å². The number of aryl methyl sites for hydroxylation is 1. The van der Waals surface area contributed by atoms with Gasteiger partial charge in [-0.05, 0) is 42.7 Å². The van der Waals surface area contributed by atoms with E-state index in [0.29, 0.717) is 12.0 Å². The molecule has 2 aromatic carbocycles. The molecule has 0 amide bonds. The molecule has 6 heteroatoms. The number of benzene rings is 2. The molecule has 0 saturated heterocycles. The van der Waals surface area contributed by atoms with E-state index in [2.05, 4.69) is 4.72 Å². The first-order chi connectivity index (χ1) is 11.3. The summed E-state index contributed by atoms with van der Waals surface area (Å²) in [5, 5.41) is 0. The van der Waals surface area contributed by atoms with Crippen LogP contribution in [0, 0.1) is 12.7 Å². The van der Waals surface area contributed by atoms with Crippen molar-refractivity contribution in [1.82, 2.24) is 4.72 Å². The van der Waals surface area contributed by atoms with Gasteiger partial charge in [-0.2, -0.15) is 0 Å². The predicted octanol–water partition coefficient (Wildman–Crippen LogP) is 3.36. The van der Waals surface area contributed by atoms with Crippen molar-refractivity contribution in [3.05, 3.63) is 65.5 Å². The van der Waals surface area contributed by atoms with Crippen LogP contribution >= 0.6 is 0 Å². The molecule has 24 heavy (non-hydrogen) atoms. The normalized spacial score (nSPS) is 14.3. The summed E-state index contributed by atoms with van der Waals surface area (Å²) in [6.07, 6.45) is 0.596. The van der Waals surface area contributed by atoms with E-state index in [0.717, 1.165) is 11.6 Å². The van der Waals surface area contributed by atoms with E-state index in [4.69, 9.17) is 4.74 Å². The molecule has 0 fully saturated rings. The fourth-order valence-electron chi connectivity index (χ4n) is 2.71.